The molecule has 0 bridgehead atoms. The number of phosphoric acid groups is 1. The van der Waals surface area contributed by atoms with E-state index < -0.39 is 63.1 Å². The Labute approximate surface area is 331 Å². The predicted molar refractivity (Wildman–Crippen MR) is 216 cm³/mol. The van der Waals surface area contributed by atoms with Gasteiger partial charge >= 0.3 is 13.8 Å². The molecule has 1 fully saturated rings. The third kappa shape index (κ3) is 26.0. The van der Waals surface area contributed by atoms with Gasteiger partial charge < -0.3 is 39.9 Å². The minimum atomic E-state index is -5.02. The van der Waals surface area contributed by atoms with Crippen LogP contribution in [0.25, 0.3) is 0 Å². The summed E-state index contributed by atoms with van der Waals surface area (Å²) in [4.78, 5) is 23.0. The number of phosphoric ester groups is 1. The average molecular weight is 803 g/mol. The Hall–Kier alpha value is -1.70. The smallest absolute Gasteiger partial charge is 0.457 e. The molecule has 6 N–H and O–H groups in total. The molecule has 0 aromatic rings. The average Bonchev–Trinajstić information content (AvgIpc) is 3.17. The monoisotopic (exact) mass is 802 g/mol. The first-order valence-corrected chi connectivity index (χ1v) is 22.5. The fourth-order valence-electron chi connectivity index (χ4n) is 6.11. The molecule has 0 aliphatic heterocycles. The van der Waals surface area contributed by atoms with Crippen molar-refractivity contribution >= 4 is 13.8 Å². The van der Waals surface area contributed by atoms with Crippen molar-refractivity contribution in [1.82, 2.24) is 0 Å². The standard InChI is InChI=1S/C42H75O12P/c1-3-5-7-9-11-13-15-16-17-18-19-20-21-22-24-26-28-30-32-51-33-35(53-36(43)31-29-27-25-23-14-12-10-8-6-4-2)34-52-55(49,50)54-42-40(47)38(45)37(44)39(46)41(42)48/h5,7,11,13,16-17,19-20,35,37-42,44-48H,3-4,6,8-10,12,14-15,18,21-34H2,1-2H3,(H,49,50)/b7-5-,13-11-,17-16-,20-19-. The highest BCUT2D eigenvalue weighted by molar-refractivity contribution is 7.47. The number of rotatable bonds is 34. The largest absolute Gasteiger partial charge is 0.472 e. The second-order valence-electron chi connectivity index (χ2n) is 14.5. The predicted octanol–water partition coefficient (Wildman–Crippen LogP) is 7.69. The zero-order chi connectivity index (χ0) is 40.6. The molecular weight excluding hydrogens is 727 g/mol. The van der Waals surface area contributed by atoms with Crippen molar-refractivity contribution in [2.24, 2.45) is 0 Å². The number of hydrogen-bond donors (Lipinski definition) is 6. The van der Waals surface area contributed by atoms with Crippen LogP contribution in [0.1, 0.15) is 149 Å². The first kappa shape index (κ1) is 51.3. The normalized spacial score (nSPS) is 23.7. The molecule has 12 nitrogen and oxygen atoms in total. The van der Waals surface area contributed by atoms with E-state index in [-0.39, 0.29) is 13.0 Å². The van der Waals surface area contributed by atoms with Crippen LogP contribution in [0.4, 0.5) is 0 Å². The van der Waals surface area contributed by atoms with E-state index in [4.69, 9.17) is 18.5 Å². The van der Waals surface area contributed by atoms with Gasteiger partial charge in [-0.3, -0.25) is 13.8 Å². The maximum atomic E-state index is 12.8. The van der Waals surface area contributed by atoms with Crippen molar-refractivity contribution in [3.63, 3.8) is 0 Å². The van der Waals surface area contributed by atoms with Gasteiger partial charge in [-0.1, -0.05) is 140 Å². The molecular formula is C42H75O12P. The van der Waals surface area contributed by atoms with Gasteiger partial charge in [0.05, 0.1) is 13.2 Å². The summed E-state index contributed by atoms with van der Waals surface area (Å²) in [5.74, 6) is -0.489. The molecule has 0 amide bonds. The molecule has 0 aromatic carbocycles. The SMILES string of the molecule is CC/C=C\C/C=C\C/C=C\C/C=C\CCCCCCCOCC(COP(=O)(O)OC1C(O)C(O)C(O)C(O)C1O)OC(=O)CCCCCCCCCCCC. The van der Waals surface area contributed by atoms with Crippen LogP contribution in [0.15, 0.2) is 48.6 Å². The van der Waals surface area contributed by atoms with E-state index in [0.29, 0.717) is 13.0 Å². The molecule has 55 heavy (non-hydrogen) atoms. The van der Waals surface area contributed by atoms with E-state index in [1.807, 2.05) is 0 Å². The van der Waals surface area contributed by atoms with Crippen LogP contribution >= 0.6 is 7.82 Å². The van der Waals surface area contributed by atoms with Gasteiger partial charge in [-0.2, -0.15) is 0 Å². The Morgan fingerprint density at radius 3 is 1.64 bits per heavy atom. The summed E-state index contributed by atoms with van der Waals surface area (Å²) in [7, 11) is -5.02. The number of carbonyl (C=O) groups is 1. The highest BCUT2D eigenvalue weighted by Crippen LogP contribution is 2.47. The fraction of sp³-hybridized carbons (Fsp3) is 0.786. The van der Waals surface area contributed by atoms with Gasteiger partial charge in [-0.25, -0.2) is 4.57 Å². The molecule has 6 unspecified atom stereocenters. The van der Waals surface area contributed by atoms with Crippen LogP contribution in [-0.4, -0.2) is 98.9 Å². The maximum absolute atomic E-state index is 12.8. The van der Waals surface area contributed by atoms with E-state index in [2.05, 4.69) is 62.5 Å². The zero-order valence-corrected chi connectivity index (χ0v) is 34.6. The first-order valence-electron chi connectivity index (χ1n) is 21.0. The van der Waals surface area contributed by atoms with Gasteiger partial charge in [0.15, 0.2) is 0 Å². The molecule has 0 saturated heterocycles. The maximum Gasteiger partial charge on any atom is 0.472 e. The number of unbranched alkanes of at least 4 members (excludes halogenated alkanes) is 14. The molecule has 320 valence electrons. The molecule has 0 heterocycles. The Bertz CT molecular complexity index is 1100. The van der Waals surface area contributed by atoms with Crippen molar-refractivity contribution in [2.45, 2.75) is 191 Å². The van der Waals surface area contributed by atoms with E-state index >= 15 is 0 Å². The summed E-state index contributed by atoms with van der Waals surface area (Å²) in [6.45, 7) is 4.06. The summed E-state index contributed by atoms with van der Waals surface area (Å²) < 4.78 is 34.0. The molecule has 1 aliphatic carbocycles. The number of aliphatic hydroxyl groups excluding tert-OH is 5. The third-order valence-electron chi connectivity index (χ3n) is 9.47. The van der Waals surface area contributed by atoms with Crippen LogP contribution in [0.5, 0.6) is 0 Å². The van der Waals surface area contributed by atoms with Crippen molar-refractivity contribution in [1.29, 1.82) is 0 Å². The zero-order valence-electron chi connectivity index (χ0n) is 33.7. The molecule has 0 aromatic heterocycles. The van der Waals surface area contributed by atoms with Crippen LogP contribution in [-0.2, 0) is 27.9 Å². The van der Waals surface area contributed by atoms with Gasteiger partial charge in [-0.15, -0.1) is 0 Å². The molecule has 1 rings (SSSR count). The molecule has 0 spiro atoms. The number of carbonyl (C=O) groups excluding carboxylic acids is 1. The van der Waals surface area contributed by atoms with Gasteiger partial charge in [0.25, 0.3) is 0 Å². The summed E-state index contributed by atoms with van der Waals surface area (Å²) in [6.07, 6.45) is 26.2. The second kappa shape index (κ2) is 33.3. The summed E-state index contributed by atoms with van der Waals surface area (Å²) in [6, 6.07) is 0. The van der Waals surface area contributed by atoms with Crippen LogP contribution < -0.4 is 0 Å². The van der Waals surface area contributed by atoms with Gasteiger partial charge in [-0.05, 0) is 51.4 Å². The second-order valence-corrected chi connectivity index (χ2v) is 15.9. The number of aliphatic hydroxyl groups is 5. The van der Waals surface area contributed by atoms with Crippen molar-refractivity contribution in [3.05, 3.63) is 48.6 Å². The minimum Gasteiger partial charge on any atom is -0.457 e. The minimum absolute atomic E-state index is 0.0894. The number of ether oxygens (including phenoxy) is 2. The van der Waals surface area contributed by atoms with Crippen LogP contribution in [0.2, 0.25) is 0 Å². The van der Waals surface area contributed by atoms with E-state index in [0.717, 1.165) is 83.5 Å². The first-order chi connectivity index (χ1) is 26.5. The Kier molecular flexibility index (Phi) is 31.1. The van der Waals surface area contributed by atoms with Gasteiger partial charge in [0.1, 0.15) is 42.7 Å². The third-order valence-corrected chi connectivity index (χ3v) is 10.5. The Balaban J connectivity index is 2.43. The van der Waals surface area contributed by atoms with Crippen molar-refractivity contribution in [2.75, 3.05) is 19.8 Å². The summed E-state index contributed by atoms with van der Waals surface area (Å²) in [5.41, 5.74) is 0. The summed E-state index contributed by atoms with van der Waals surface area (Å²) in [5, 5.41) is 50.0. The van der Waals surface area contributed by atoms with Crippen molar-refractivity contribution < 1.29 is 58.3 Å². The van der Waals surface area contributed by atoms with Crippen molar-refractivity contribution in [3.8, 4) is 0 Å². The van der Waals surface area contributed by atoms with Crippen LogP contribution in [0.3, 0.4) is 0 Å². The van der Waals surface area contributed by atoms with E-state index in [9.17, 15) is 39.8 Å². The van der Waals surface area contributed by atoms with Gasteiger partial charge in [0, 0.05) is 13.0 Å². The van der Waals surface area contributed by atoms with Gasteiger partial charge in [0.2, 0.25) is 0 Å². The quantitative estimate of drug-likeness (QED) is 0.0161. The molecule has 1 saturated carbocycles. The number of esters is 1. The molecule has 1 aliphatic rings. The number of hydrogen-bond acceptors (Lipinski definition) is 11. The lowest BCUT2D eigenvalue weighted by Gasteiger charge is -2.41. The summed E-state index contributed by atoms with van der Waals surface area (Å²) >= 11 is 0. The molecule has 6 atom stereocenters. The fourth-order valence-corrected chi connectivity index (χ4v) is 7.08. The Morgan fingerprint density at radius 1 is 0.600 bits per heavy atom. The lowest BCUT2D eigenvalue weighted by molar-refractivity contribution is -0.220. The lowest BCUT2D eigenvalue weighted by atomic mass is 9.85. The van der Waals surface area contributed by atoms with Crippen LogP contribution in [0, 0.1) is 0 Å². The van der Waals surface area contributed by atoms with E-state index in [1.54, 1.807) is 0 Å². The molecule has 13 heteroatoms. The topological polar surface area (TPSA) is 192 Å². The Morgan fingerprint density at radius 2 is 1.07 bits per heavy atom. The van der Waals surface area contributed by atoms with E-state index in [1.165, 1.54) is 38.5 Å². The highest BCUT2D eigenvalue weighted by Gasteiger charge is 2.51. The molecule has 0 radical (unpaired) electrons. The number of allylic oxidation sites excluding steroid dienone is 8. The highest BCUT2D eigenvalue weighted by atomic mass is 31.2. The lowest BCUT2D eigenvalue weighted by Crippen LogP contribution is -2.64.